The molecule has 7 heteroatoms. The van der Waals surface area contributed by atoms with E-state index in [0.29, 0.717) is 26.3 Å². The van der Waals surface area contributed by atoms with Crippen molar-refractivity contribution in [2.24, 2.45) is 0 Å². The Morgan fingerprint density at radius 2 is 1.65 bits per heavy atom. The summed E-state index contributed by atoms with van der Waals surface area (Å²) in [5.41, 5.74) is 1.17. The van der Waals surface area contributed by atoms with Crippen LogP contribution in [0.5, 0.6) is 5.75 Å². The van der Waals surface area contributed by atoms with Gasteiger partial charge in [0, 0.05) is 6.07 Å². The summed E-state index contributed by atoms with van der Waals surface area (Å²) in [6.45, 7) is 0.220. The van der Waals surface area contributed by atoms with Crippen LogP contribution in [-0.2, 0) is 6.61 Å². The maximum absolute atomic E-state index is 9.11. The van der Waals surface area contributed by atoms with Crippen molar-refractivity contribution in [3.05, 3.63) is 57.0 Å². The molecule has 2 aromatic rings. The molecule has 0 spiro atoms. The van der Waals surface area contributed by atoms with Crippen molar-refractivity contribution in [1.82, 2.24) is 0 Å². The third-order valence-electron chi connectivity index (χ3n) is 2.62. The summed E-state index contributed by atoms with van der Waals surface area (Å²) in [6, 6.07) is 9.81. The van der Waals surface area contributed by atoms with Gasteiger partial charge < -0.3 is 14.8 Å². The third kappa shape index (κ3) is 3.81. The molecular formula is C13H10BCl3O3. The number of hydrogen-bond donors (Lipinski definition) is 2. The Balaban J connectivity index is 2.13. The molecule has 0 heterocycles. The average Bonchev–Trinajstić information content (AvgIpc) is 2.41. The third-order valence-corrected chi connectivity index (χ3v) is 3.64. The van der Waals surface area contributed by atoms with Crippen LogP contribution in [0.4, 0.5) is 0 Å². The first-order chi connectivity index (χ1) is 9.47. The summed E-state index contributed by atoms with van der Waals surface area (Å²) in [4.78, 5) is 0. The molecule has 0 aliphatic heterocycles. The molecule has 0 aliphatic rings. The molecule has 2 N–H and O–H groups in total. The van der Waals surface area contributed by atoms with Crippen molar-refractivity contribution >= 4 is 47.4 Å². The average molecular weight is 331 g/mol. The second kappa shape index (κ2) is 6.70. The number of hydrogen-bond acceptors (Lipinski definition) is 3. The van der Waals surface area contributed by atoms with Crippen molar-refractivity contribution in [3.63, 3.8) is 0 Å². The number of benzene rings is 2. The lowest BCUT2D eigenvalue weighted by atomic mass is 9.80. The summed E-state index contributed by atoms with van der Waals surface area (Å²) in [7, 11) is -1.51. The Morgan fingerprint density at radius 3 is 2.35 bits per heavy atom. The van der Waals surface area contributed by atoms with E-state index < -0.39 is 7.12 Å². The molecule has 20 heavy (non-hydrogen) atoms. The van der Waals surface area contributed by atoms with Gasteiger partial charge in [0.25, 0.3) is 0 Å². The SMILES string of the molecule is OB(O)c1cccc(COc2cc(Cl)c(Cl)cc2Cl)c1. The normalized spacial score (nSPS) is 10.4. The number of halogens is 3. The molecule has 0 aliphatic carbocycles. The lowest BCUT2D eigenvalue weighted by molar-refractivity contribution is 0.306. The summed E-state index contributed by atoms with van der Waals surface area (Å²) < 4.78 is 5.56. The maximum atomic E-state index is 9.11. The Morgan fingerprint density at radius 1 is 0.950 bits per heavy atom. The molecule has 0 saturated carbocycles. The molecule has 0 radical (unpaired) electrons. The van der Waals surface area contributed by atoms with E-state index in [1.165, 1.54) is 12.1 Å². The molecule has 0 amide bonds. The standard InChI is InChI=1S/C13H10BCl3O3/c15-10-5-12(17)13(6-11(10)16)20-7-8-2-1-3-9(4-8)14(18)19/h1-6,18-19H,7H2. The minimum atomic E-state index is -1.51. The highest BCUT2D eigenvalue weighted by atomic mass is 35.5. The van der Waals surface area contributed by atoms with E-state index in [1.807, 2.05) is 0 Å². The predicted molar refractivity (Wildman–Crippen MR) is 82.1 cm³/mol. The summed E-state index contributed by atoms with van der Waals surface area (Å²) >= 11 is 17.7. The minimum Gasteiger partial charge on any atom is -0.487 e. The largest absolute Gasteiger partial charge is 0.488 e. The quantitative estimate of drug-likeness (QED) is 0.669. The number of rotatable bonds is 4. The van der Waals surface area contributed by atoms with Gasteiger partial charge in [-0.3, -0.25) is 0 Å². The van der Waals surface area contributed by atoms with Gasteiger partial charge in [-0.05, 0) is 17.1 Å². The molecule has 0 fully saturated rings. The second-order valence-corrected chi connectivity index (χ2v) is 5.33. The fourth-order valence-corrected chi connectivity index (χ4v) is 2.21. The lowest BCUT2D eigenvalue weighted by Crippen LogP contribution is -2.29. The zero-order chi connectivity index (χ0) is 14.7. The first-order valence-electron chi connectivity index (χ1n) is 5.69. The zero-order valence-corrected chi connectivity index (χ0v) is 12.5. The Kier molecular flexibility index (Phi) is 5.19. The van der Waals surface area contributed by atoms with Gasteiger partial charge in [0.1, 0.15) is 12.4 Å². The predicted octanol–water partition coefficient (Wildman–Crippen LogP) is 2.91. The van der Waals surface area contributed by atoms with E-state index in [-0.39, 0.29) is 6.61 Å². The zero-order valence-electron chi connectivity index (χ0n) is 10.2. The van der Waals surface area contributed by atoms with E-state index >= 15 is 0 Å². The minimum absolute atomic E-state index is 0.220. The highest BCUT2D eigenvalue weighted by Gasteiger charge is 2.11. The molecule has 0 aromatic heterocycles. The van der Waals surface area contributed by atoms with Crippen molar-refractivity contribution < 1.29 is 14.8 Å². The summed E-state index contributed by atoms with van der Waals surface area (Å²) in [5, 5.41) is 19.3. The van der Waals surface area contributed by atoms with Gasteiger partial charge in [-0.15, -0.1) is 0 Å². The van der Waals surface area contributed by atoms with Crippen LogP contribution in [0.2, 0.25) is 15.1 Å². The Hall–Kier alpha value is -0.905. The van der Waals surface area contributed by atoms with Gasteiger partial charge in [-0.25, -0.2) is 0 Å². The molecule has 0 saturated heterocycles. The monoisotopic (exact) mass is 330 g/mol. The van der Waals surface area contributed by atoms with Crippen LogP contribution >= 0.6 is 34.8 Å². The molecule has 0 atom stereocenters. The highest BCUT2D eigenvalue weighted by molar-refractivity contribution is 6.58. The maximum Gasteiger partial charge on any atom is 0.488 e. The van der Waals surface area contributed by atoms with Crippen LogP contribution in [0.1, 0.15) is 5.56 Å². The van der Waals surface area contributed by atoms with E-state index in [1.54, 1.807) is 24.3 Å². The number of ether oxygens (including phenoxy) is 1. The topological polar surface area (TPSA) is 49.7 Å². The van der Waals surface area contributed by atoms with Gasteiger partial charge in [-0.2, -0.15) is 0 Å². The molecule has 104 valence electrons. The van der Waals surface area contributed by atoms with E-state index in [4.69, 9.17) is 49.6 Å². The van der Waals surface area contributed by atoms with E-state index in [2.05, 4.69) is 0 Å². The molecule has 0 unspecified atom stereocenters. The van der Waals surface area contributed by atoms with E-state index in [0.717, 1.165) is 5.56 Å². The lowest BCUT2D eigenvalue weighted by Gasteiger charge is -2.10. The van der Waals surface area contributed by atoms with Gasteiger partial charge in [0.15, 0.2) is 0 Å². The summed E-state index contributed by atoms with van der Waals surface area (Å²) in [5.74, 6) is 0.413. The fourth-order valence-electron chi connectivity index (χ4n) is 1.62. The first-order valence-corrected chi connectivity index (χ1v) is 6.83. The van der Waals surface area contributed by atoms with Crippen LogP contribution in [0.3, 0.4) is 0 Å². The van der Waals surface area contributed by atoms with Crippen molar-refractivity contribution in [1.29, 1.82) is 0 Å². The van der Waals surface area contributed by atoms with Crippen molar-refractivity contribution in [3.8, 4) is 5.75 Å². The molecule has 2 rings (SSSR count). The van der Waals surface area contributed by atoms with Gasteiger partial charge in [0.05, 0.1) is 15.1 Å². The van der Waals surface area contributed by atoms with Gasteiger partial charge in [-0.1, -0.05) is 59.1 Å². The van der Waals surface area contributed by atoms with Crippen LogP contribution in [-0.4, -0.2) is 17.2 Å². The molecule has 2 aromatic carbocycles. The van der Waals surface area contributed by atoms with Gasteiger partial charge in [0.2, 0.25) is 0 Å². The molecular weight excluding hydrogens is 321 g/mol. The Bertz CT molecular complexity index is 620. The van der Waals surface area contributed by atoms with Crippen LogP contribution in [0.15, 0.2) is 36.4 Å². The molecule has 0 bridgehead atoms. The van der Waals surface area contributed by atoms with E-state index in [9.17, 15) is 0 Å². The van der Waals surface area contributed by atoms with Crippen molar-refractivity contribution in [2.45, 2.75) is 6.61 Å². The van der Waals surface area contributed by atoms with Crippen molar-refractivity contribution in [2.75, 3.05) is 0 Å². The smallest absolute Gasteiger partial charge is 0.487 e. The van der Waals surface area contributed by atoms with Crippen LogP contribution in [0.25, 0.3) is 0 Å². The van der Waals surface area contributed by atoms with Crippen LogP contribution in [0, 0.1) is 0 Å². The first kappa shape index (κ1) is 15.5. The fraction of sp³-hybridized carbons (Fsp3) is 0.0769. The Labute approximate surface area is 131 Å². The second-order valence-electron chi connectivity index (χ2n) is 4.10. The van der Waals surface area contributed by atoms with Gasteiger partial charge >= 0.3 is 7.12 Å². The highest BCUT2D eigenvalue weighted by Crippen LogP contribution is 2.34. The van der Waals surface area contributed by atoms with Crippen LogP contribution < -0.4 is 10.2 Å². The summed E-state index contributed by atoms with van der Waals surface area (Å²) in [6.07, 6.45) is 0. The molecule has 3 nitrogen and oxygen atoms in total.